The third-order valence-electron chi connectivity index (χ3n) is 3.73. The molecule has 1 saturated heterocycles. The maximum absolute atomic E-state index is 12.3. The van der Waals surface area contributed by atoms with Crippen molar-refractivity contribution in [2.24, 2.45) is 0 Å². The minimum atomic E-state index is -3.61. The lowest BCUT2D eigenvalue weighted by Crippen LogP contribution is -2.47. The molecule has 20 heavy (non-hydrogen) atoms. The first-order valence-electron chi connectivity index (χ1n) is 6.33. The second-order valence-electron chi connectivity index (χ2n) is 4.98. The third kappa shape index (κ3) is 2.20. The average Bonchev–Trinajstić information content (AvgIpc) is 2.86. The van der Waals surface area contributed by atoms with Crippen molar-refractivity contribution in [1.82, 2.24) is 9.21 Å². The van der Waals surface area contributed by atoms with E-state index in [2.05, 4.69) is 4.72 Å². The second-order valence-corrected chi connectivity index (χ2v) is 6.60. The summed E-state index contributed by atoms with van der Waals surface area (Å²) in [6.45, 7) is 0.871. The second kappa shape index (κ2) is 4.64. The zero-order valence-corrected chi connectivity index (χ0v) is 11.5. The molecule has 7 nitrogen and oxygen atoms in total. The van der Waals surface area contributed by atoms with Gasteiger partial charge in [0.05, 0.1) is 5.69 Å². The van der Waals surface area contributed by atoms with Gasteiger partial charge in [0.2, 0.25) is 0 Å². The number of carbonyl (C=O) groups is 1. The van der Waals surface area contributed by atoms with E-state index in [1.165, 1.54) is 9.21 Å². The molecular weight excluding hydrogens is 282 g/mol. The lowest BCUT2D eigenvalue weighted by molar-refractivity contribution is 0.152. The van der Waals surface area contributed by atoms with Crippen LogP contribution in [0.3, 0.4) is 0 Å². The quantitative estimate of drug-likeness (QED) is 0.806. The summed E-state index contributed by atoms with van der Waals surface area (Å²) in [5.74, 6) is 0. The summed E-state index contributed by atoms with van der Waals surface area (Å²) in [6, 6.07) is 6.92. The molecule has 0 spiro atoms. The predicted octanol–water partition coefficient (Wildman–Crippen LogP) is 0.911. The van der Waals surface area contributed by atoms with E-state index in [-0.39, 0.29) is 19.1 Å². The number of anilines is 1. The number of hydrogen-bond donors (Lipinski definition) is 2. The Morgan fingerprint density at radius 2 is 2.10 bits per heavy atom. The van der Waals surface area contributed by atoms with Crippen LogP contribution >= 0.6 is 0 Å². The number of carboxylic acid groups (broad SMARTS) is 1. The van der Waals surface area contributed by atoms with Gasteiger partial charge >= 0.3 is 16.3 Å². The third-order valence-corrected chi connectivity index (χ3v) is 5.25. The minimum absolute atomic E-state index is 0.221. The monoisotopic (exact) mass is 297 g/mol. The van der Waals surface area contributed by atoms with Crippen LogP contribution in [0.5, 0.6) is 0 Å². The van der Waals surface area contributed by atoms with E-state index in [4.69, 9.17) is 5.11 Å². The number of benzene rings is 1. The molecule has 0 aliphatic carbocycles. The Labute approximate surface area is 117 Å². The smallest absolute Gasteiger partial charge is 0.407 e. The molecule has 2 N–H and O–H groups in total. The molecule has 1 amide bonds. The van der Waals surface area contributed by atoms with Crippen LogP contribution in [0, 0.1) is 0 Å². The number of para-hydroxylation sites is 1. The first-order valence-corrected chi connectivity index (χ1v) is 7.77. The van der Waals surface area contributed by atoms with Crippen LogP contribution in [0.4, 0.5) is 10.5 Å². The molecule has 3 rings (SSSR count). The van der Waals surface area contributed by atoms with Gasteiger partial charge in [-0.05, 0) is 18.1 Å². The standard InChI is InChI=1S/C12H15N3O4S/c16-12(17)14-6-5-10(8-14)15-7-9-3-1-2-4-11(9)13-20(15,18)19/h1-4,10,13H,5-8H2,(H,16,17)/t10-/m1/s1. The highest BCUT2D eigenvalue weighted by molar-refractivity contribution is 7.90. The molecule has 0 aromatic heterocycles. The SMILES string of the molecule is O=C(O)N1CC[C@@H](N2Cc3ccccc3NS2(=O)=O)C1. The predicted molar refractivity (Wildman–Crippen MR) is 72.5 cm³/mol. The number of hydrogen-bond acceptors (Lipinski definition) is 3. The molecule has 2 aliphatic rings. The molecular formula is C12H15N3O4S. The average molecular weight is 297 g/mol. The van der Waals surface area contributed by atoms with Crippen molar-refractivity contribution in [2.45, 2.75) is 19.0 Å². The maximum Gasteiger partial charge on any atom is 0.407 e. The molecule has 1 aromatic rings. The summed E-state index contributed by atoms with van der Waals surface area (Å²) in [5, 5.41) is 8.96. The summed E-state index contributed by atoms with van der Waals surface area (Å²) >= 11 is 0. The fraction of sp³-hybridized carbons (Fsp3) is 0.417. The summed E-state index contributed by atoms with van der Waals surface area (Å²) in [5.41, 5.74) is 1.49. The largest absolute Gasteiger partial charge is 0.465 e. The lowest BCUT2D eigenvalue weighted by atomic mass is 10.1. The molecule has 1 atom stereocenters. The number of rotatable bonds is 1. The summed E-state index contributed by atoms with van der Waals surface area (Å²) in [7, 11) is -3.61. The van der Waals surface area contributed by atoms with Crippen LogP contribution in [-0.2, 0) is 16.8 Å². The van der Waals surface area contributed by atoms with Gasteiger partial charge in [-0.3, -0.25) is 4.72 Å². The van der Waals surface area contributed by atoms with E-state index in [1.54, 1.807) is 12.1 Å². The molecule has 2 aliphatic heterocycles. The Hall–Kier alpha value is -1.80. The highest BCUT2D eigenvalue weighted by Crippen LogP contribution is 2.30. The molecule has 1 aromatic carbocycles. The van der Waals surface area contributed by atoms with Gasteiger partial charge < -0.3 is 10.0 Å². The van der Waals surface area contributed by atoms with Crippen LogP contribution in [0.2, 0.25) is 0 Å². The Bertz CT molecular complexity index is 646. The molecule has 0 bridgehead atoms. The maximum atomic E-state index is 12.3. The van der Waals surface area contributed by atoms with Crippen molar-refractivity contribution in [3.05, 3.63) is 29.8 Å². The molecule has 0 saturated carbocycles. The zero-order chi connectivity index (χ0) is 14.3. The molecule has 1 fully saturated rings. The van der Waals surface area contributed by atoms with Gasteiger partial charge in [0.1, 0.15) is 0 Å². The van der Waals surface area contributed by atoms with E-state index in [0.29, 0.717) is 18.7 Å². The van der Waals surface area contributed by atoms with E-state index in [0.717, 1.165) is 5.56 Å². The number of amides is 1. The molecule has 8 heteroatoms. The number of nitrogens with zero attached hydrogens (tertiary/aromatic N) is 2. The van der Waals surface area contributed by atoms with Crippen molar-refractivity contribution in [1.29, 1.82) is 0 Å². The molecule has 2 heterocycles. The van der Waals surface area contributed by atoms with E-state index >= 15 is 0 Å². The van der Waals surface area contributed by atoms with Crippen LogP contribution in [0.15, 0.2) is 24.3 Å². The number of likely N-dealkylation sites (tertiary alicyclic amines) is 1. The van der Waals surface area contributed by atoms with Crippen molar-refractivity contribution in [3.8, 4) is 0 Å². The van der Waals surface area contributed by atoms with Gasteiger partial charge in [0, 0.05) is 25.7 Å². The van der Waals surface area contributed by atoms with Crippen molar-refractivity contribution >= 4 is 22.0 Å². The summed E-state index contributed by atoms with van der Waals surface area (Å²) in [4.78, 5) is 12.2. The van der Waals surface area contributed by atoms with Crippen molar-refractivity contribution in [3.63, 3.8) is 0 Å². The lowest BCUT2D eigenvalue weighted by Gasteiger charge is -2.33. The summed E-state index contributed by atoms with van der Waals surface area (Å²) in [6.07, 6.45) is -0.481. The van der Waals surface area contributed by atoms with Crippen LogP contribution in [-0.4, -0.2) is 48.0 Å². The van der Waals surface area contributed by atoms with Crippen LogP contribution < -0.4 is 4.72 Å². The van der Waals surface area contributed by atoms with Gasteiger partial charge in [0.15, 0.2) is 0 Å². The molecule has 108 valence electrons. The Balaban J connectivity index is 1.86. The first-order chi connectivity index (χ1) is 9.47. The van der Waals surface area contributed by atoms with Gasteiger partial charge in [-0.15, -0.1) is 0 Å². The van der Waals surface area contributed by atoms with Gasteiger partial charge in [0.25, 0.3) is 0 Å². The van der Waals surface area contributed by atoms with E-state index < -0.39 is 16.3 Å². The van der Waals surface area contributed by atoms with Crippen molar-refractivity contribution in [2.75, 3.05) is 17.8 Å². The number of fused-ring (bicyclic) bond motifs is 1. The van der Waals surface area contributed by atoms with Gasteiger partial charge in [-0.2, -0.15) is 12.7 Å². The highest BCUT2D eigenvalue weighted by Gasteiger charge is 2.39. The Kier molecular flexibility index (Phi) is 3.06. The number of nitrogens with one attached hydrogen (secondary N) is 1. The minimum Gasteiger partial charge on any atom is -0.465 e. The zero-order valence-electron chi connectivity index (χ0n) is 10.7. The first kappa shape index (κ1) is 13.2. The highest BCUT2D eigenvalue weighted by atomic mass is 32.2. The van der Waals surface area contributed by atoms with E-state index in [1.807, 2.05) is 12.1 Å². The van der Waals surface area contributed by atoms with Gasteiger partial charge in [-0.1, -0.05) is 18.2 Å². The molecule has 0 radical (unpaired) electrons. The van der Waals surface area contributed by atoms with Crippen molar-refractivity contribution < 1.29 is 18.3 Å². The molecule has 0 unspecified atom stereocenters. The van der Waals surface area contributed by atoms with E-state index in [9.17, 15) is 13.2 Å². The fourth-order valence-electron chi connectivity index (χ4n) is 2.68. The topological polar surface area (TPSA) is 89.9 Å². The van der Waals surface area contributed by atoms with Gasteiger partial charge in [-0.25, -0.2) is 4.79 Å². The Morgan fingerprint density at radius 3 is 2.80 bits per heavy atom. The fourth-order valence-corrected chi connectivity index (χ4v) is 4.15. The van der Waals surface area contributed by atoms with Crippen LogP contribution in [0.1, 0.15) is 12.0 Å². The normalized spacial score (nSPS) is 25.0. The Morgan fingerprint density at radius 1 is 1.35 bits per heavy atom. The summed E-state index contributed by atoms with van der Waals surface area (Å²) < 4.78 is 28.4. The van der Waals surface area contributed by atoms with Crippen LogP contribution in [0.25, 0.3) is 0 Å².